The minimum Gasteiger partial charge on any atom is -0.366 e. The number of nitrogens with zero attached hydrogens (tertiary/aromatic N) is 1. The van der Waals surface area contributed by atoms with E-state index in [-0.39, 0.29) is 11.9 Å². The first-order valence-corrected chi connectivity index (χ1v) is 6.92. The molecule has 0 saturated carbocycles. The van der Waals surface area contributed by atoms with Gasteiger partial charge in [-0.1, -0.05) is 29.3 Å². The predicted octanol–water partition coefficient (Wildman–Crippen LogP) is 4.27. The van der Waals surface area contributed by atoms with E-state index in [9.17, 15) is 4.39 Å². The summed E-state index contributed by atoms with van der Waals surface area (Å²) >= 11 is 12.5. The van der Waals surface area contributed by atoms with Gasteiger partial charge in [0.2, 0.25) is 0 Å². The van der Waals surface area contributed by atoms with Crippen LogP contribution in [0.4, 0.5) is 10.1 Å². The Bertz CT molecular complexity index is 567. The number of hydrogen-bond donors (Lipinski definition) is 1. The van der Waals surface area contributed by atoms with Gasteiger partial charge in [-0.15, -0.1) is 0 Å². The number of anilines is 1. The molecule has 2 rings (SSSR count). The first-order chi connectivity index (χ1) is 9.54. The quantitative estimate of drug-likeness (QED) is 0.913. The second-order valence-corrected chi connectivity index (χ2v) is 5.29. The summed E-state index contributed by atoms with van der Waals surface area (Å²) in [6.07, 6.45) is 0. The number of benzene rings is 2. The normalized spacial score (nSPS) is 12.2. The van der Waals surface area contributed by atoms with Crippen LogP contribution in [0.15, 0.2) is 42.5 Å². The number of hydrogen-bond acceptors (Lipinski definition) is 2. The van der Waals surface area contributed by atoms with E-state index in [0.29, 0.717) is 16.6 Å². The molecule has 2 nitrogen and oxygen atoms in total. The first-order valence-electron chi connectivity index (χ1n) is 6.17. The molecule has 0 amide bonds. The molecule has 1 atom stereocenters. The van der Waals surface area contributed by atoms with E-state index in [1.165, 1.54) is 12.1 Å². The van der Waals surface area contributed by atoms with Gasteiger partial charge in [-0.25, -0.2) is 4.39 Å². The Labute approximate surface area is 127 Å². The van der Waals surface area contributed by atoms with E-state index in [2.05, 4.69) is 0 Å². The summed E-state index contributed by atoms with van der Waals surface area (Å²) in [6.45, 7) is 0.345. The average molecular weight is 313 g/mol. The highest BCUT2D eigenvalue weighted by Crippen LogP contribution is 2.34. The summed E-state index contributed by atoms with van der Waals surface area (Å²) in [6, 6.07) is 11.4. The number of nitrogens with two attached hydrogens (primary N) is 1. The van der Waals surface area contributed by atoms with E-state index < -0.39 is 0 Å². The second-order valence-electron chi connectivity index (χ2n) is 4.47. The molecule has 2 aromatic carbocycles. The third-order valence-corrected chi connectivity index (χ3v) is 3.92. The highest BCUT2D eigenvalue weighted by Gasteiger charge is 2.21. The van der Waals surface area contributed by atoms with Crippen LogP contribution in [0.2, 0.25) is 10.0 Å². The number of likely N-dealkylation sites (N-methyl/N-ethyl adjacent to an activating group) is 1. The Kier molecular flexibility index (Phi) is 4.86. The summed E-state index contributed by atoms with van der Waals surface area (Å²) < 4.78 is 13.0. The molecule has 0 spiro atoms. The van der Waals surface area contributed by atoms with E-state index >= 15 is 0 Å². The summed E-state index contributed by atoms with van der Waals surface area (Å²) in [5.41, 5.74) is 7.51. The van der Waals surface area contributed by atoms with Crippen LogP contribution < -0.4 is 10.6 Å². The van der Waals surface area contributed by atoms with E-state index in [4.69, 9.17) is 28.9 Å². The minimum atomic E-state index is -0.276. The fraction of sp³-hybridized carbons (Fsp3) is 0.200. The third kappa shape index (κ3) is 3.06. The lowest BCUT2D eigenvalue weighted by atomic mass is 10.0. The largest absolute Gasteiger partial charge is 0.366 e. The molecule has 0 aromatic heterocycles. The number of halogens is 3. The molecule has 2 N–H and O–H groups in total. The summed E-state index contributed by atoms with van der Waals surface area (Å²) in [5.74, 6) is -0.276. The average Bonchev–Trinajstić information content (AvgIpc) is 2.43. The SMILES string of the molecule is CN(c1ccc(F)cc1)C(CN)c1c(Cl)cccc1Cl. The molecule has 0 saturated heterocycles. The second kappa shape index (κ2) is 6.44. The Hall–Kier alpha value is -1.29. The fourth-order valence-electron chi connectivity index (χ4n) is 2.15. The molecule has 0 aliphatic carbocycles. The lowest BCUT2D eigenvalue weighted by molar-refractivity contribution is 0.626. The van der Waals surface area contributed by atoms with Crippen LogP contribution in [0, 0.1) is 5.82 Å². The zero-order valence-electron chi connectivity index (χ0n) is 11.0. The monoisotopic (exact) mass is 312 g/mol. The van der Waals surface area contributed by atoms with Crippen LogP contribution in [0.3, 0.4) is 0 Å². The predicted molar refractivity (Wildman–Crippen MR) is 83.1 cm³/mol. The van der Waals surface area contributed by atoms with Gasteiger partial charge in [0.05, 0.1) is 6.04 Å². The van der Waals surface area contributed by atoms with Crippen LogP contribution in [-0.4, -0.2) is 13.6 Å². The van der Waals surface area contributed by atoms with Crippen molar-refractivity contribution in [3.05, 3.63) is 63.9 Å². The van der Waals surface area contributed by atoms with Crippen LogP contribution in [0.5, 0.6) is 0 Å². The third-order valence-electron chi connectivity index (χ3n) is 3.26. The molecule has 2 aromatic rings. The van der Waals surface area contributed by atoms with Gasteiger partial charge in [-0.05, 0) is 36.4 Å². The van der Waals surface area contributed by atoms with Crippen molar-refractivity contribution < 1.29 is 4.39 Å². The Morgan fingerprint density at radius 3 is 2.15 bits per heavy atom. The lowest BCUT2D eigenvalue weighted by Gasteiger charge is -2.30. The van der Waals surface area contributed by atoms with Gasteiger partial charge < -0.3 is 10.6 Å². The summed E-state index contributed by atoms with van der Waals surface area (Å²) in [4.78, 5) is 1.94. The highest BCUT2D eigenvalue weighted by atomic mass is 35.5. The van der Waals surface area contributed by atoms with Gasteiger partial charge in [0, 0.05) is 34.9 Å². The zero-order valence-corrected chi connectivity index (χ0v) is 12.5. The van der Waals surface area contributed by atoms with Gasteiger partial charge in [0.25, 0.3) is 0 Å². The standard InChI is InChI=1S/C15H15Cl2FN2/c1-20(11-7-5-10(18)6-8-11)14(9-19)15-12(16)3-2-4-13(15)17/h2-8,14H,9,19H2,1H3. The molecule has 1 unspecified atom stereocenters. The maximum Gasteiger partial charge on any atom is 0.123 e. The van der Waals surface area contributed by atoms with Gasteiger partial charge in [-0.2, -0.15) is 0 Å². The van der Waals surface area contributed by atoms with Crippen LogP contribution in [0.25, 0.3) is 0 Å². The van der Waals surface area contributed by atoms with E-state index in [1.54, 1.807) is 30.3 Å². The summed E-state index contributed by atoms with van der Waals surface area (Å²) in [5, 5.41) is 1.14. The molecular weight excluding hydrogens is 298 g/mol. The van der Waals surface area contributed by atoms with E-state index in [1.807, 2.05) is 11.9 Å². The smallest absolute Gasteiger partial charge is 0.123 e. The zero-order chi connectivity index (χ0) is 14.7. The molecule has 0 radical (unpaired) electrons. The van der Waals surface area contributed by atoms with Crippen molar-refractivity contribution in [2.45, 2.75) is 6.04 Å². The van der Waals surface area contributed by atoms with Crippen molar-refractivity contribution >= 4 is 28.9 Å². The molecule has 0 fully saturated rings. The lowest BCUT2D eigenvalue weighted by Crippen LogP contribution is -2.30. The Morgan fingerprint density at radius 2 is 1.65 bits per heavy atom. The number of rotatable bonds is 4. The Balaban J connectivity index is 2.39. The van der Waals surface area contributed by atoms with Crippen LogP contribution in [0.1, 0.15) is 11.6 Å². The van der Waals surface area contributed by atoms with Crippen molar-refractivity contribution in [2.24, 2.45) is 5.73 Å². The van der Waals surface area contributed by atoms with Crippen molar-refractivity contribution in [2.75, 3.05) is 18.5 Å². The topological polar surface area (TPSA) is 29.3 Å². The van der Waals surface area contributed by atoms with Crippen molar-refractivity contribution in [3.63, 3.8) is 0 Å². The molecular formula is C15H15Cl2FN2. The van der Waals surface area contributed by atoms with Crippen molar-refractivity contribution in [1.29, 1.82) is 0 Å². The van der Waals surface area contributed by atoms with Gasteiger partial charge in [-0.3, -0.25) is 0 Å². The van der Waals surface area contributed by atoms with Crippen LogP contribution in [-0.2, 0) is 0 Å². The highest BCUT2D eigenvalue weighted by molar-refractivity contribution is 6.36. The molecule has 20 heavy (non-hydrogen) atoms. The van der Waals surface area contributed by atoms with Crippen LogP contribution >= 0.6 is 23.2 Å². The van der Waals surface area contributed by atoms with Gasteiger partial charge >= 0.3 is 0 Å². The van der Waals surface area contributed by atoms with Gasteiger partial charge in [0.1, 0.15) is 5.82 Å². The fourth-order valence-corrected chi connectivity index (χ4v) is 2.80. The molecule has 0 bridgehead atoms. The summed E-state index contributed by atoms with van der Waals surface area (Å²) in [7, 11) is 1.88. The van der Waals surface area contributed by atoms with Crippen molar-refractivity contribution in [1.82, 2.24) is 0 Å². The van der Waals surface area contributed by atoms with Gasteiger partial charge in [0.15, 0.2) is 0 Å². The maximum absolute atomic E-state index is 13.0. The minimum absolute atomic E-state index is 0.179. The Morgan fingerprint density at radius 1 is 1.10 bits per heavy atom. The first kappa shape index (κ1) is 15.1. The van der Waals surface area contributed by atoms with Crippen molar-refractivity contribution in [3.8, 4) is 0 Å². The molecule has 106 valence electrons. The molecule has 5 heteroatoms. The molecule has 0 heterocycles. The molecule has 0 aliphatic heterocycles. The maximum atomic E-state index is 13.0. The van der Waals surface area contributed by atoms with E-state index in [0.717, 1.165) is 11.3 Å². The molecule has 0 aliphatic rings.